The monoisotopic (exact) mass is 1180 g/mol. The largest absolute Gasteiger partial charge is 1.00 e. The maximum Gasteiger partial charge on any atom is 1.00 e. The molecule has 0 aliphatic heterocycles. The van der Waals surface area contributed by atoms with Crippen molar-refractivity contribution < 1.29 is 148 Å². The van der Waals surface area contributed by atoms with Crippen molar-refractivity contribution in [1.29, 1.82) is 0 Å². The number of hydrogen-bond donors (Lipinski definition) is 5. The van der Waals surface area contributed by atoms with E-state index in [1.807, 2.05) is 0 Å². The Kier molecular flexibility index (Phi) is 27.0. The van der Waals surface area contributed by atoms with E-state index in [1.54, 1.807) is 17.1 Å². The third-order valence-corrected chi connectivity index (χ3v) is 19.9. The topological polar surface area (TPSA) is 179 Å². The molecule has 0 amide bonds. The zero-order chi connectivity index (χ0) is 51.7. The number of aromatic amines is 1. The maximum absolute atomic E-state index is 13.4. The number of Topliss-reactive ketones (excluding diaryl/α,β-unsaturated/α-hetero) is 2. The molecule has 0 unspecified atom stereocenters. The number of ketones is 2. The van der Waals surface area contributed by atoms with Crippen LogP contribution in [0.15, 0.2) is 24.8 Å². The molecule has 0 bridgehead atoms. The minimum absolute atomic E-state index is 0. The first-order valence-corrected chi connectivity index (χ1v) is 27.9. The normalized spacial score (nSPS) is 38.0. The Morgan fingerprint density at radius 3 is 1.63 bits per heavy atom. The Morgan fingerprint density at radius 2 is 1.26 bits per heavy atom. The molecule has 2 heterocycles. The molecule has 8 aliphatic rings. The van der Waals surface area contributed by atoms with Crippen LogP contribution in [-0.4, -0.2) is 81.6 Å². The Bertz CT molecular complexity index is 2230. The van der Waals surface area contributed by atoms with Gasteiger partial charge in [0.05, 0.1) is 52.1 Å². The number of rotatable bonds is 8. The molecule has 0 spiro atoms. The molecule has 8 aliphatic carbocycles. The van der Waals surface area contributed by atoms with Crippen LogP contribution >= 0.6 is 53.4 Å². The summed E-state index contributed by atoms with van der Waals surface area (Å²) < 4.78 is 28.6. The van der Waals surface area contributed by atoms with Crippen molar-refractivity contribution >= 4 is 86.3 Å². The molecule has 394 valence electrons. The van der Waals surface area contributed by atoms with Crippen LogP contribution < -0.4 is 108 Å². The minimum atomic E-state index is -1.08. The van der Waals surface area contributed by atoms with E-state index in [9.17, 15) is 28.6 Å². The van der Waals surface area contributed by atoms with Crippen molar-refractivity contribution in [3.63, 3.8) is 0 Å². The molecular formula is C52H73BrF2K2N6O7S3. The van der Waals surface area contributed by atoms with Gasteiger partial charge < -0.3 is 21.8 Å². The number of carbonyl (C=O) groups excluding carboxylic acids is 3. The Balaban J connectivity index is 0.000000299. The van der Waals surface area contributed by atoms with Gasteiger partial charge in [0.2, 0.25) is 11.4 Å². The summed E-state index contributed by atoms with van der Waals surface area (Å²) in [5.41, 5.74) is -0.824. The van der Waals surface area contributed by atoms with E-state index in [0.29, 0.717) is 99.0 Å². The first-order valence-electron chi connectivity index (χ1n) is 25.4. The van der Waals surface area contributed by atoms with Crippen LogP contribution in [0.2, 0.25) is 0 Å². The van der Waals surface area contributed by atoms with Gasteiger partial charge in [0.15, 0.2) is 5.78 Å². The minimum Gasteiger partial charge on any atom is -1.00 e. The summed E-state index contributed by atoms with van der Waals surface area (Å²) >= 11 is 14.8. The van der Waals surface area contributed by atoms with Crippen molar-refractivity contribution in [1.82, 2.24) is 20.0 Å². The first kappa shape index (κ1) is 66.0. The van der Waals surface area contributed by atoms with Gasteiger partial charge in [0.25, 0.3) is 6.47 Å². The number of thiocarbonyl (C=S) groups is 1. The number of aliphatic hydroxyl groups is 2. The maximum atomic E-state index is 13.4. The van der Waals surface area contributed by atoms with E-state index in [2.05, 4.69) is 97.1 Å². The molecule has 13 nitrogen and oxygen atoms in total. The van der Waals surface area contributed by atoms with E-state index in [-0.39, 0.29) is 146 Å². The number of carbonyl (C=O) groups is 3. The van der Waals surface area contributed by atoms with Gasteiger partial charge in [-0.25, -0.2) is 18.5 Å². The third kappa shape index (κ3) is 15.7. The van der Waals surface area contributed by atoms with Crippen molar-refractivity contribution in [3.05, 3.63) is 47.6 Å². The zero-order valence-electron chi connectivity index (χ0n) is 44.0. The molecule has 2 aromatic rings. The molecule has 0 radical (unpaired) electrons. The molecule has 73 heavy (non-hydrogen) atoms. The zero-order valence-corrected chi connectivity index (χ0v) is 53.4. The Labute approximate surface area is 542 Å². The van der Waals surface area contributed by atoms with Crippen LogP contribution in [0.3, 0.4) is 0 Å². The number of nitrogens with zero attached hydrogens (tertiary/aromatic N) is 5. The van der Waals surface area contributed by atoms with Crippen LogP contribution in [0.1, 0.15) is 131 Å². The van der Waals surface area contributed by atoms with Crippen molar-refractivity contribution in [2.24, 2.45) is 81.8 Å². The number of thiol groups is 2. The van der Waals surface area contributed by atoms with Crippen molar-refractivity contribution in [2.75, 3.05) is 18.7 Å². The second kappa shape index (κ2) is 29.8. The number of alkyl halides is 3. The molecule has 16 atom stereocenters. The third-order valence-electron chi connectivity index (χ3n) is 19.3. The van der Waals surface area contributed by atoms with E-state index >= 15 is 0 Å². The predicted molar refractivity (Wildman–Crippen MR) is 279 cm³/mol. The van der Waals surface area contributed by atoms with Crippen molar-refractivity contribution in [3.8, 4) is 0 Å². The fraction of sp³-hybridized carbons (Fsp3) is 0.769. The Hall–Kier alpha value is 0.493. The van der Waals surface area contributed by atoms with Gasteiger partial charge in [-0.1, -0.05) is 42.0 Å². The van der Waals surface area contributed by atoms with Crippen LogP contribution in [-0.2, 0) is 25.8 Å². The van der Waals surface area contributed by atoms with Gasteiger partial charge in [-0.15, -0.1) is 25.3 Å². The molecule has 2 aromatic heterocycles. The number of nitrogens with one attached hydrogen (secondary N) is 1. The van der Waals surface area contributed by atoms with Crippen LogP contribution in [0.4, 0.5) is 20.2 Å². The summed E-state index contributed by atoms with van der Waals surface area (Å²) in [4.78, 5) is 43.4. The standard InChI is InChI=1S/C25H34FN3O2.C21H32BrFO2.C4H3N3.CH2O3.CH2S3.2K.H/c1-24-9-7-19-18-8-10-25(31,15-26)11-16(18)3-4-20(19)21(24)5-6-22(24)23(30)14-29-13-17(27-2)12-28-29;1-20-8-6-15-14-7-9-21(25,12-23)10-13(14)2-3-16(15)17(20)4-5-18(20)19(24)11-22;1-5-4-2-6-7-3-4;2-1-4-3;2-1(3)4;;;/h12-13,16,18-22,31H,3-11,14-15H2,1H3;13-18,25H,2-12H2,1H3;2-3H,(H,6,7);1,3H;(H2,2,3,4);;;/q;;;;;2*+1;-1/p-1/t16-,18+,19-,20-,21+,22-,24+,25-;13-,14+,15-,16-,17+,18-,20+,21-;;;;;;/m11....../s1. The van der Waals surface area contributed by atoms with Crippen LogP contribution in [0.5, 0.6) is 0 Å². The smallest absolute Gasteiger partial charge is 1.00 e. The molecular weight excluding hydrogens is 1110 g/mol. The molecule has 8 saturated carbocycles. The number of aromatic nitrogens is 4. The van der Waals surface area contributed by atoms with E-state index in [1.165, 1.54) is 50.9 Å². The van der Waals surface area contributed by atoms with Gasteiger partial charge in [-0.3, -0.25) is 24.2 Å². The van der Waals surface area contributed by atoms with Gasteiger partial charge in [0.1, 0.15) is 19.1 Å². The summed E-state index contributed by atoms with van der Waals surface area (Å²) in [7, 11) is 0. The summed E-state index contributed by atoms with van der Waals surface area (Å²) in [5, 5.41) is 40.1. The molecule has 8 fully saturated rings. The van der Waals surface area contributed by atoms with E-state index in [4.69, 9.17) is 23.2 Å². The molecule has 0 aromatic carbocycles. The predicted octanol–water partition coefficient (Wildman–Crippen LogP) is 4.54. The fourth-order valence-electron chi connectivity index (χ4n) is 16.4. The van der Waals surface area contributed by atoms with Gasteiger partial charge in [0, 0.05) is 24.2 Å². The average molecular weight is 1190 g/mol. The fourth-order valence-corrected chi connectivity index (χ4v) is 16.8. The molecule has 3 N–H and O–H groups in total. The molecule has 21 heteroatoms. The SMILES string of the molecule is C[C@]12CC[C@H]3[C@@H](CC[C@@H]4C[C@@](O)(CF)CC[C@@H]43)[C@@H]1CC[C@@H]2C(=O)CBr.O=CO[O-].S=C(S)S.[C-]#[N+]c1cn[nH]c1.[C-]#[N+]c1cnn(CC(=O)[C@H]2CC[C@H]3[C@@H]4CC[C@@H]5C[C@@](O)(CF)CC[C@@H]5[C@H]4CC[C@]23C)c1.[H-].[K+].[K+]. The van der Waals surface area contributed by atoms with Crippen molar-refractivity contribution in [2.45, 2.75) is 147 Å². The number of H-pyrrole nitrogens is 1. The molecule has 10 rings (SSSR count). The number of fused-ring (bicyclic) bond motifs is 10. The average Bonchev–Trinajstić information content (AvgIpc) is 4.20. The van der Waals surface area contributed by atoms with Crippen LogP contribution in [0, 0.1) is 95.0 Å². The van der Waals surface area contributed by atoms with Gasteiger partial charge in [-0.05, 0) is 186 Å². The molecule has 0 saturated heterocycles. The second-order valence-electron chi connectivity index (χ2n) is 22.5. The van der Waals surface area contributed by atoms with Gasteiger partial charge in [-0.2, -0.15) is 10.2 Å². The summed E-state index contributed by atoms with van der Waals surface area (Å²) in [6.07, 6.45) is 24.4. The summed E-state index contributed by atoms with van der Waals surface area (Å²) in [6, 6.07) is 0. The Morgan fingerprint density at radius 1 is 0.808 bits per heavy atom. The van der Waals surface area contributed by atoms with Crippen LogP contribution in [0.25, 0.3) is 9.69 Å². The van der Waals surface area contributed by atoms with E-state index < -0.39 is 24.6 Å². The van der Waals surface area contributed by atoms with E-state index in [0.717, 1.165) is 63.2 Å². The summed E-state index contributed by atoms with van der Waals surface area (Å²) in [5.74, 6) is 7.45. The summed E-state index contributed by atoms with van der Waals surface area (Å²) in [6.45, 7) is 17.2. The second-order valence-corrected chi connectivity index (χ2v) is 25.4. The number of halogens is 3. The number of hydrogen-bond acceptors (Lipinski definition) is 10. The first-order chi connectivity index (χ1) is 33.9. The van der Waals surface area contributed by atoms with Gasteiger partial charge >= 0.3 is 103 Å². The quantitative estimate of drug-likeness (QED) is 0.0369.